The molecule has 1 amide bonds. The molecule has 1 unspecified atom stereocenters. The Morgan fingerprint density at radius 1 is 1.35 bits per heavy atom. The molecule has 0 aliphatic carbocycles. The lowest BCUT2D eigenvalue weighted by Crippen LogP contribution is -2.17. The van der Waals surface area contributed by atoms with Crippen LogP contribution in [0.5, 0.6) is 5.75 Å². The number of ether oxygens (including phenoxy) is 1. The summed E-state index contributed by atoms with van der Waals surface area (Å²) >= 11 is 0. The number of aliphatic carboxylic acids is 1. The molecular weight excluding hydrogens is 258 g/mol. The van der Waals surface area contributed by atoms with E-state index >= 15 is 0 Å². The Hall–Kier alpha value is -2.04. The van der Waals surface area contributed by atoms with E-state index in [1.54, 1.807) is 25.1 Å². The highest BCUT2D eigenvalue weighted by Gasteiger charge is 2.12. The molecule has 5 heteroatoms. The van der Waals surface area contributed by atoms with Crippen molar-refractivity contribution in [3.63, 3.8) is 0 Å². The summed E-state index contributed by atoms with van der Waals surface area (Å²) in [6.07, 6.45) is 1.10. The fraction of sp³-hybridized carbons (Fsp3) is 0.467. The number of rotatable bonds is 8. The molecule has 2 N–H and O–H groups in total. The Labute approximate surface area is 118 Å². The first-order chi connectivity index (χ1) is 9.51. The van der Waals surface area contributed by atoms with Gasteiger partial charge in [0.1, 0.15) is 5.75 Å². The second-order valence-corrected chi connectivity index (χ2v) is 4.83. The van der Waals surface area contributed by atoms with Crippen molar-refractivity contribution in [1.29, 1.82) is 0 Å². The van der Waals surface area contributed by atoms with Crippen molar-refractivity contribution in [2.24, 2.45) is 5.92 Å². The van der Waals surface area contributed by atoms with Gasteiger partial charge in [0.15, 0.2) is 0 Å². The number of hydrogen-bond donors (Lipinski definition) is 2. The highest BCUT2D eigenvalue weighted by atomic mass is 16.5. The van der Waals surface area contributed by atoms with Crippen molar-refractivity contribution in [3.8, 4) is 5.75 Å². The van der Waals surface area contributed by atoms with Gasteiger partial charge in [-0.05, 0) is 24.5 Å². The molecule has 0 heterocycles. The number of carbonyl (C=O) groups is 2. The van der Waals surface area contributed by atoms with E-state index in [2.05, 4.69) is 5.32 Å². The van der Waals surface area contributed by atoms with E-state index in [4.69, 9.17) is 9.84 Å². The van der Waals surface area contributed by atoms with Crippen LogP contribution >= 0.6 is 0 Å². The standard InChI is InChI=1S/C15H21NO4/c1-3-7-20-13-6-4-5-12(10-13)16-14(17)8-11(2)9-15(18)19/h4-6,10-11H,3,7-9H2,1-2H3,(H,16,17)(H,18,19). The van der Waals surface area contributed by atoms with Crippen LogP contribution in [0.1, 0.15) is 33.1 Å². The fourth-order valence-electron chi connectivity index (χ4n) is 1.78. The van der Waals surface area contributed by atoms with E-state index < -0.39 is 5.97 Å². The lowest BCUT2D eigenvalue weighted by molar-refractivity contribution is -0.138. The predicted molar refractivity (Wildman–Crippen MR) is 76.9 cm³/mol. The smallest absolute Gasteiger partial charge is 0.303 e. The number of carboxylic acids is 1. The molecule has 1 atom stereocenters. The van der Waals surface area contributed by atoms with Gasteiger partial charge in [-0.25, -0.2) is 0 Å². The first-order valence-corrected chi connectivity index (χ1v) is 6.75. The zero-order chi connectivity index (χ0) is 15.0. The summed E-state index contributed by atoms with van der Waals surface area (Å²) < 4.78 is 5.48. The van der Waals surface area contributed by atoms with Gasteiger partial charge in [0, 0.05) is 24.6 Å². The van der Waals surface area contributed by atoms with Crippen LogP contribution in [0, 0.1) is 5.92 Å². The highest BCUT2D eigenvalue weighted by molar-refractivity contribution is 5.91. The first kappa shape index (κ1) is 16.0. The normalized spacial score (nSPS) is 11.7. The van der Waals surface area contributed by atoms with Crippen LogP contribution in [0.15, 0.2) is 24.3 Å². The van der Waals surface area contributed by atoms with Crippen molar-refractivity contribution in [2.75, 3.05) is 11.9 Å². The molecule has 0 spiro atoms. The first-order valence-electron chi connectivity index (χ1n) is 6.75. The van der Waals surface area contributed by atoms with Crippen molar-refractivity contribution in [1.82, 2.24) is 0 Å². The SMILES string of the molecule is CCCOc1cccc(NC(=O)CC(C)CC(=O)O)c1. The summed E-state index contributed by atoms with van der Waals surface area (Å²) in [5.74, 6) is -0.554. The van der Waals surface area contributed by atoms with E-state index in [1.165, 1.54) is 0 Å². The third-order valence-electron chi connectivity index (χ3n) is 2.65. The topological polar surface area (TPSA) is 75.6 Å². The zero-order valence-corrected chi connectivity index (χ0v) is 11.9. The monoisotopic (exact) mass is 279 g/mol. The molecule has 0 radical (unpaired) electrons. The van der Waals surface area contributed by atoms with E-state index in [1.807, 2.05) is 13.0 Å². The molecule has 110 valence electrons. The van der Waals surface area contributed by atoms with Gasteiger partial charge in [0.05, 0.1) is 6.61 Å². The van der Waals surface area contributed by atoms with E-state index in [0.29, 0.717) is 18.0 Å². The number of carbonyl (C=O) groups excluding carboxylic acids is 1. The van der Waals surface area contributed by atoms with Gasteiger partial charge in [-0.1, -0.05) is 19.9 Å². The highest BCUT2D eigenvalue weighted by Crippen LogP contribution is 2.18. The Kier molecular flexibility index (Phi) is 6.56. The molecule has 20 heavy (non-hydrogen) atoms. The molecule has 1 rings (SSSR count). The predicted octanol–water partition coefficient (Wildman–Crippen LogP) is 2.91. The molecule has 0 saturated heterocycles. The molecule has 0 aliphatic rings. The van der Waals surface area contributed by atoms with Gasteiger partial charge < -0.3 is 15.2 Å². The summed E-state index contributed by atoms with van der Waals surface area (Å²) in [6.45, 7) is 4.40. The largest absolute Gasteiger partial charge is 0.494 e. The van der Waals surface area contributed by atoms with Crippen LogP contribution in [-0.2, 0) is 9.59 Å². The van der Waals surface area contributed by atoms with Crippen molar-refractivity contribution < 1.29 is 19.4 Å². The van der Waals surface area contributed by atoms with E-state index in [0.717, 1.165) is 6.42 Å². The summed E-state index contributed by atoms with van der Waals surface area (Å²) in [7, 11) is 0. The minimum Gasteiger partial charge on any atom is -0.494 e. The van der Waals surface area contributed by atoms with Gasteiger partial charge in [-0.15, -0.1) is 0 Å². The van der Waals surface area contributed by atoms with Crippen LogP contribution in [0.4, 0.5) is 5.69 Å². The van der Waals surface area contributed by atoms with Gasteiger partial charge >= 0.3 is 5.97 Å². The number of benzene rings is 1. The third kappa shape index (κ3) is 6.22. The lowest BCUT2D eigenvalue weighted by atomic mass is 10.0. The minimum atomic E-state index is -0.889. The van der Waals surface area contributed by atoms with Gasteiger partial charge in [-0.3, -0.25) is 9.59 Å². The van der Waals surface area contributed by atoms with E-state index in [9.17, 15) is 9.59 Å². The minimum absolute atomic E-state index is 0.00687. The Morgan fingerprint density at radius 3 is 2.75 bits per heavy atom. The summed E-state index contributed by atoms with van der Waals surface area (Å²) in [5, 5.41) is 11.4. The van der Waals surface area contributed by atoms with Gasteiger partial charge in [0.25, 0.3) is 0 Å². The average molecular weight is 279 g/mol. The van der Waals surface area contributed by atoms with Gasteiger partial charge in [0.2, 0.25) is 5.91 Å². The number of hydrogen-bond acceptors (Lipinski definition) is 3. The number of amides is 1. The molecule has 5 nitrogen and oxygen atoms in total. The Bertz CT molecular complexity index is 459. The molecular formula is C15H21NO4. The zero-order valence-electron chi connectivity index (χ0n) is 11.9. The van der Waals surface area contributed by atoms with Crippen LogP contribution in [0.3, 0.4) is 0 Å². The molecule has 0 fully saturated rings. The fourth-order valence-corrected chi connectivity index (χ4v) is 1.78. The number of nitrogens with one attached hydrogen (secondary N) is 1. The molecule has 0 aromatic heterocycles. The quantitative estimate of drug-likeness (QED) is 0.767. The van der Waals surface area contributed by atoms with Crippen LogP contribution in [0.2, 0.25) is 0 Å². The molecule has 0 aliphatic heterocycles. The van der Waals surface area contributed by atoms with Crippen LogP contribution in [0.25, 0.3) is 0 Å². The molecule has 0 saturated carbocycles. The Morgan fingerprint density at radius 2 is 2.10 bits per heavy atom. The van der Waals surface area contributed by atoms with Crippen molar-refractivity contribution in [3.05, 3.63) is 24.3 Å². The summed E-state index contributed by atoms with van der Waals surface area (Å²) in [5.41, 5.74) is 0.658. The van der Waals surface area contributed by atoms with Crippen LogP contribution < -0.4 is 10.1 Å². The summed E-state index contributed by atoms with van der Waals surface area (Å²) in [6, 6.07) is 7.17. The Balaban J connectivity index is 2.50. The van der Waals surface area contributed by atoms with E-state index in [-0.39, 0.29) is 24.7 Å². The maximum atomic E-state index is 11.8. The van der Waals surface area contributed by atoms with Crippen molar-refractivity contribution >= 4 is 17.6 Å². The number of carboxylic acid groups (broad SMARTS) is 1. The molecule has 1 aromatic carbocycles. The maximum absolute atomic E-state index is 11.8. The third-order valence-corrected chi connectivity index (χ3v) is 2.65. The molecule has 1 aromatic rings. The van der Waals surface area contributed by atoms with Gasteiger partial charge in [-0.2, -0.15) is 0 Å². The second-order valence-electron chi connectivity index (χ2n) is 4.83. The lowest BCUT2D eigenvalue weighted by Gasteiger charge is -2.11. The summed E-state index contributed by atoms with van der Waals surface area (Å²) in [4.78, 5) is 22.3. The van der Waals surface area contributed by atoms with Crippen LogP contribution in [-0.4, -0.2) is 23.6 Å². The number of anilines is 1. The van der Waals surface area contributed by atoms with Crippen molar-refractivity contribution in [2.45, 2.75) is 33.1 Å². The maximum Gasteiger partial charge on any atom is 0.303 e. The molecule has 0 bridgehead atoms. The average Bonchev–Trinajstić information content (AvgIpc) is 2.35. The second kappa shape index (κ2) is 8.19.